The molecule has 10 heteroatoms. The van der Waals surface area contributed by atoms with Gasteiger partial charge in [0.2, 0.25) is 0 Å². The van der Waals surface area contributed by atoms with Gasteiger partial charge in [0, 0.05) is 25.8 Å². The van der Waals surface area contributed by atoms with Crippen molar-refractivity contribution in [3.05, 3.63) is 48.0 Å². The SMILES string of the molecule is COCCN1CCOc2cc(C(=O)Nc3cccc(-c4nncn4C(C)C)n3)c(F)cc21. The molecule has 2 aromatic heterocycles. The number of methoxy groups -OCH3 is 1. The van der Waals surface area contributed by atoms with Crippen LogP contribution < -0.4 is 15.0 Å². The van der Waals surface area contributed by atoms with E-state index in [1.165, 1.54) is 12.1 Å². The van der Waals surface area contributed by atoms with E-state index in [1.54, 1.807) is 31.6 Å². The van der Waals surface area contributed by atoms with Crippen molar-refractivity contribution in [3.8, 4) is 17.3 Å². The van der Waals surface area contributed by atoms with Crippen LogP contribution in [0.3, 0.4) is 0 Å². The molecule has 4 rings (SSSR count). The third-order valence-electron chi connectivity index (χ3n) is 5.17. The number of nitrogens with zero attached hydrogens (tertiary/aromatic N) is 5. The minimum Gasteiger partial charge on any atom is -0.490 e. The van der Waals surface area contributed by atoms with Crippen molar-refractivity contribution in [2.24, 2.45) is 0 Å². The van der Waals surface area contributed by atoms with Crippen molar-refractivity contribution in [1.82, 2.24) is 19.7 Å². The molecule has 3 aromatic rings. The van der Waals surface area contributed by atoms with E-state index in [0.29, 0.717) is 49.3 Å². The van der Waals surface area contributed by atoms with E-state index in [-0.39, 0.29) is 17.4 Å². The van der Waals surface area contributed by atoms with Crippen LogP contribution in [0.2, 0.25) is 0 Å². The summed E-state index contributed by atoms with van der Waals surface area (Å²) in [5.74, 6) is 0.0830. The summed E-state index contributed by atoms with van der Waals surface area (Å²) in [5, 5.41) is 10.7. The molecule has 9 nitrogen and oxygen atoms in total. The second-order valence-electron chi connectivity index (χ2n) is 7.65. The highest BCUT2D eigenvalue weighted by Gasteiger charge is 2.23. The first kappa shape index (κ1) is 21.7. The number of ether oxygens (including phenoxy) is 2. The van der Waals surface area contributed by atoms with Crippen molar-refractivity contribution >= 4 is 17.4 Å². The second-order valence-corrected chi connectivity index (χ2v) is 7.65. The number of rotatable bonds is 7. The van der Waals surface area contributed by atoms with Crippen LogP contribution in [0, 0.1) is 5.82 Å². The molecule has 0 saturated heterocycles. The Balaban J connectivity index is 1.57. The standard InChI is InChI=1S/C22H25FN6O3/c1-14(2)29-13-24-27-21(29)17-5-4-6-20(25-17)26-22(30)15-11-19-18(12-16(15)23)28(7-9-31-3)8-10-32-19/h4-6,11-14H,7-10H2,1-3H3,(H,25,26,30). The Morgan fingerprint density at radius 3 is 2.97 bits per heavy atom. The summed E-state index contributed by atoms with van der Waals surface area (Å²) in [6.45, 7) is 6.21. The molecule has 1 N–H and O–H groups in total. The fourth-order valence-electron chi connectivity index (χ4n) is 3.52. The highest BCUT2D eigenvalue weighted by Crippen LogP contribution is 2.34. The minimum absolute atomic E-state index is 0.116. The maximum Gasteiger partial charge on any atom is 0.259 e. The van der Waals surface area contributed by atoms with Crippen molar-refractivity contribution in [2.45, 2.75) is 19.9 Å². The smallest absolute Gasteiger partial charge is 0.259 e. The summed E-state index contributed by atoms with van der Waals surface area (Å²) in [6.07, 6.45) is 1.63. The van der Waals surface area contributed by atoms with Crippen molar-refractivity contribution in [1.29, 1.82) is 0 Å². The Morgan fingerprint density at radius 1 is 1.34 bits per heavy atom. The van der Waals surface area contributed by atoms with Gasteiger partial charge in [0.1, 0.15) is 36.0 Å². The number of anilines is 2. The van der Waals surface area contributed by atoms with Crippen LogP contribution in [0.5, 0.6) is 5.75 Å². The Hall–Kier alpha value is -3.53. The third-order valence-corrected chi connectivity index (χ3v) is 5.17. The average molecular weight is 440 g/mol. The summed E-state index contributed by atoms with van der Waals surface area (Å²) >= 11 is 0. The predicted octanol–water partition coefficient (Wildman–Crippen LogP) is 3.16. The molecule has 0 saturated carbocycles. The average Bonchev–Trinajstić information content (AvgIpc) is 3.28. The van der Waals surface area contributed by atoms with Crippen LogP contribution in [0.25, 0.3) is 11.5 Å². The Kier molecular flexibility index (Phi) is 6.31. The first-order chi connectivity index (χ1) is 15.5. The summed E-state index contributed by atoms with van der Waals surface area (Å²) in [7, 11) is 1.62. The first-order valence-corrected chi connectivity index (χ1v) is 10.4. The molecule has 0 bridgehead atoms. The van der Waals surface area contributed by atoms with Crippen LogP contribution in [-0.4, -0.2) is 59.1 Å². The monoisotopic (exact) mass is 440 g/mol. The number of hydrogen-bond acceptors (Lipinski definition) is 7. The molecular weight excluding hydrogens is 415 g/mol. The van der Waals surface area contributed by atoms with E-state index >= 15 is 0 Å². The molecule has 1 aliphatic heterocycles. The van der Waals surface area contributed by atoms with Crippen LogP contribution in [-0.2, 0) is 4.74 Å². The molecule has 0 aliphatic carbocycles. The Morgan fingerprint density at radius 2 is 2.19 bits per heavy atom. The highest BCUT2D eigenvalue weighted by atomic mass is 19.1. The number of hydrogen-bond donors (Lipinski definition) is 1. The lowest BCUT2D eigenvalue weighted by Crippen LogP contribution is -2.35. The molecule has 0 atom stereocenters. The number of fused-ring (bicyclic) bond motifs is 1. The van der Waals surface area contributed by atoms with E-state index in [2.05, 4.69) is 20.5 Å². The van der Waals surface area contributed by atoms with Crippen molar-refractivity contribution in [3.63, 3.8) is 0 Å². The van der Waals surface area contributed by atoms with Crippen LogP contribution in [0.15, 0.2) is 36.7 Å². The summed E-state index contributed by atoms with van der Waals surface area (Å²) in [6, 6.07) is 8.06. The molecule has 0 fully saturated rings. The van der Waals surface area contributed by atoms with Gasteiger partial charge < -0.3 is 24.3 Å². The van der Waals surface area contributed by atoms with Crippen LogP contribution in [0.4, 0.5) is 15.9 Å². The fraction of sp³-hybridized carbons (Fsp3) is 0.364. The molecule has 3 heterocycles. The van der Waals surface area contributed by atoms with Crippen LogP contribution >= 0.6 is 0 Å². The van der Waals surface area contributed by atoms with Gasteiger partial charge in [-0.3, -0.25) is 4.79 Å². The molecule has 0 unspecified atom stereocenters. The zero-order valence-corrected chi connectivity index (χ0v) is 18.2. The molecule has 1 aliphatic rings. The number of amides is 1. The lowest BCUT2D eigenvalue weighted by molar-refractivity contribution is 0.102. The largest absolute Gasteiger partial charge is 0.490 e. The molecular formula is C22H25FN6O3. The summed E-state index contributed by atoms with van der Waals surface area (Å²) in [5.41, 5.74) is 1.04. The van der Waals surface area contributed by atoms with E-state index in [0.717, 1.165) is 0 Å². The van der Waals surface area contributed by atoms with Gasteiger partial charge in [-0.2, -0.15) is 0 Å². The number of carbonyl (C=O) groups is 1. The molecule has 1 aromatic carbocycles. The zero-order chi connectivity index (χ0) is 22.7. The maximum atomic E-state index is 14.9. The molecule has 32 heavy (non-hydrogen) atoms. The number of pyridine rings is 1. The molecule has 168 valence electrons. The van der Waals surface area contributed by atoms with Gasteiger partial charge in [0.25, 0.3) is 5.91 Å². The predicted molar refractivity (Wildman–Crippen MR) is 118 cm³/mol. The lowest BCUT2D eigenvalue weighted by Gasteiger charge is -2.31. The molecule has 0 radical (unpaired) electrons. The second kappa shape index (κ2) is 9.31. The summed E-state index contributed by atoms with van der Waals surface area (Å²) in [4.78, 5) is 19.3. The number of benzene rings is 1. The topological polar surface area (TPSA) is 94.4 Å². The number of nitrogens with one attached hydrogen (secondary N) is 1. The molecule has 0 spiro atoms. The van der Waals surface area contributed by atoms with E-state index in [1.807, 2.05) is 23.3 Å². The molecule has 1 amide bonds. The van der Waals surface area contributed by atoms with Crippen molar-refractivity contribution in [2.75, 3.05) is 43.6 Å². The first-order valence-electron chi connectivity index (χ1n) is 10.4. The summed E-state index contributed by atoms with van der Waals surface area (Å²) < 4.78 is 27.5. The van der Waals surface area contributed by atoms with Crippen molar-refractivity contribution < 1.29 is 18.7 Å². The van der Waals surface area contributed by atoms with Gasteiger partial charge in [-0.1, -0.05) is 6.07 Å². The lowest BCUT2D eigenvalue weighted by atomic mass is 10.1. The highest BCUT2D eigenvalue weighted by molar-refractivity contribution is 6.04. The van der Waals surface area contributed by atoms with E-state index in [4.69, 9.17) is 9.47 Å². The van der Waals surface area contributed by atoms with E-state index in [9.17, 15) is 9.18 Å². The maximum absolute atomic E-state index is 14.9. The number of aromatic nitrogens is 4. The number of halogens is 1. The van der Waals surface area contributed by atoms with Gasteiger partial charge in [-0.05, 0) is 32.0 Å². The van der Waals surface area contributed by atoms with Gasteiger partial charge >= 0.3 is 0 Å². The van der Waals surface area contributed by atoms with Gasteiger partial charge in [0.15, 0.2) is 5.82 Å². The normalized spacial score (nSPS) is 13.1. The Labute approximate surface area is 185 Å². The van der Waals surface area contributed by atoms with Crippen LogP contribution in [0.1, 0.15) is 30.2 Å². The fourth-order valence-corrected chi connectivity index (χ4v) is 3.52. The third kappa shape index (κ3) is 4.40. The zero-order valence-electron chi connectivity index (χ0n) is 18.2. The van der Waals surface area contributed by atoms with Gasteiger partial charge in [-0.15, -0.1) is 10.2 Å². The number of carbonyl (C=O) groups excluding carboxylic acids is 1. The van der Waals surface area contributed by atoms with E-state index < -0.39 is 11.7 Å². The quantitative estimate of drug-likeness (QED) is 0.603. The Bertz CT molecular complexity index is 1120. The van der Waals surface area contributed by atoms with Gasteiger partial charge in [-0.25, -0.2) is 9.37 Å². The minimum atomic E-state index is -0.634. The van der Waals surface area contributed by atoms with Gasteiger partial charge in [0.05, 0.1) is 24.4 Å².